The molecule has 1 heterocycles. The maximum Gasteiger partial charge on any atom is 0.453 e. The smallest absolute Gasteiger partial charge is 0.453 e. The van der Waals surface area contributed by atoms with Crippen molar-refractivity contribution in [2.24, 2.45) is 0 Å². The number of carbonyl (C=O) groups is 1. The number of rotatable bonds is 8. The van der Waals surface area contributed by atoms with Crippen molar-refractivity contribution in [1.82, 2.24) is 0 Å². The number of ether oxygens (including phenoxy) is 5. The van der Waals surface area contributed by atoms with E-state index >= 15 is 0 Å². The van der Waals surface area contributed by atoms with Crippen LogP contribution in [0.5, 0.6) is 34.5 Å². The largest absolute Gasteiger partial charge is 0.493 e. The lowest BCUT2D eigenvalue weighted by atomic mass is 9.87. The molecule has 0 unspecified atom stereocenters. The number of halogens is 3. The van der Waals surface area contributed by atoms with Crippen LogP contribution in [-0.2, 0) is 16.4 Å². The Bertz CT molecular complexity index is 1700. The van der Waals surface area contributed by atoms with Crippen molar-refractivity contribution in [2.75, 3.05) is 21.3 Å². The molecule has 4 aromatic rings. The molecule has 0 N–H and O–H groups in total. The van der Waals surface area contributed by atoms with E-state index in [0.717, 1.165) is 17.7 Å². The maximum absolute atomic E-state index is 14.0. The van der Waals surface area contributed by atoms with Crippen LogP contribution in [0.1, 0.15) is 37.7 Å². The van der Waals surface area contributed by atoms with E-state index in [4.69, 9.17) is 28.1 Å². The third-order valence-electron chi connectivity index (χ3n) is 6.34. The molecular weight excluding hydrogens is 569 g/mol. The van der Waals surface area contributed by atoms with Crippen LogP contribution in [-0.4, -0.2) is 27.3 Å². The number of benzene rings is 3. The molecule has 3 aromatic carbocycles. The molecule has 0 amide bonds. The summed E-state index contributed by atoms with van der Waals surface area (Å²) in [7, 11) is 4.34. The minimum atomic E-state index is -5.05. The molecule has 0 bridgehead atoms. The molecule has 11 heteroatoms. The second-order valence-corrected chi connectivity index (χ2v) is 10.3. The summed E-state index contributed by atoms with van der Waals surface area (Å²) in [5.74, 6) is -2.46. The third-order valence-corrected chi connectivity index (χ3v) is 6.34. The summed E-state index contributed by atoms with van der Waals surface area (Å²) in [4.78, 5) is 25.6. The molecule has 43 heavy (non-hydrogen) atoms. The number of carbonyl (C=O) groups excluding carboxylic acids is 1. The first kappa shape index (κ1) is 31.0. The average Bonchev–Trinajstić information content (AvgIpc) is 2.95. The molecule has 0 fully saturated rings. The number of methoxy groups -OCH3 is 3. The van der Waals surface area contributed by atoms with Gasteiger partial charge in [0.15, 0.2) is 11.5 Å². The summed E-state index contributed by atoms with van der Waals surface area (Å²) in [5, 5.41) is -0.193. The van der Waals surface area contributed by atoms with Crippen molar-refractivity contribution in [3.05, 3.63) is 87.8 Å². The summed E-state index contributed by atoms with van der Waals surface area (Å²) in [6.45, 7) is 5.96. The van der Waals surface area contributed by atoms with Crippen LogP contribution in [0.4, 0.5) is 13.2 Å². The van der Waals surface area contributed by atoms with Gasteiger partial charge < -0.3 is 28.1 Å². The van der Waals surface area contributed by atoms with E-state index in [1.165, 1.54) is 51.7 Å². The van der Waals surface area contributed by atoms with Crippen LogP contribution in [0.15, 0.2) is 69.9 Å². The van der Waals surface area contributed by atoms with Crippen LogP contribution < -0.4 is 29.1 Å². The van der Waals surface area contributed by atoms with Crippen LogP contribution >= 0.6 is 0 Å². The van der Waals surface area contributed by atoms with Gasteiger partial charge in [0.2, 0.25) is 16.9 Å². The summed E-state index contributed by atoms with van der Waals surface area (Å²) in [6, 6.07) is 13.1. The van der Waals surface area contributed by atoms with Crippen LogP contribution in [0, 0.1) is 0 Å². The summed E-state index contributed by atoms with van der Waals surface area (Å²) in [6.07, 6.45) is -2.53. The van der Waals surface area contributed by atoms with E-state index in [1.807, 2.05) is 20.8 Å². The number of hydrogen-bond acceptors (Lipinski definition) is 8. The van der Waals surface area contributed by atoms with Crippen LogP contribution in [0.2, 0.25) is 0 Å². The molecular formula is C32H29F3O8. The van der Waals surface area contributed by atoms with Gasteiger partial charge >= 0.3 is 12.1 Å². The van der Waals surface area contributed by atoms with Crippen molar-refractivity contribution in [2.45, 2.75) is 32.4 Å². The molecule has 4 rings (SSSR count). The fourth-order valence-electron chi connectivity index (χ4n) is 4.15. The Hall–Kier alpha value is -4.93. The molecule has 0 aliphatic heterocycles. The molecule has 0 aliphatic rings. The summed E-state index contributed by atoms with van der Waals surface area (Å²) >= 11 is 0. The van der Waals surface area contributed by atoms with Crippen molar-refractivity contribution in [3.63, 3.8) is 0 Å². The highest BCUT2D eigenvalue weighted by molar-refractivity contribution is 5.90. The van der Waals surface area contributed by atoms with Crippen molar-refractivity contribution in [3.8, 4) is 34.5 Å². The highest BCUT2D eigenvalue weighted by atomic mass is 19.4. The van der Waals surface area contributed by atoms with Crippen molar-refractivity contribution < 1.29 is 46.1 Å². The minimum absolute atomic E-state index is 0.0367. The minimum Gasteiger partial charge on any atom is -0.493 e. The number of alkyl halides is 3. The van der Waals surface area contributed by atoms with Crippen LogP contribution in [0.25, 0.3) is 17.0 Å². The zero-order valence-corrected chi connectivity index (χ0v) is 24.3. The van der Waals surface area contributed by atoms with Gasteiger partial charge in [-0.15, -0.1) is 0 Å². The van der Waals surface area contributed by atoms with Gasteiger partial charge in [0.1, 0.15) is 17.1 Å². The van der Waals surface area contributed by atoms with E-state index in [2.05, 4.69) is 0 Å². The van der Waals surface area contributed by atoms with Gasteiger partial charge in [-0.2, -0.15) is 13.2 Å². The number of hydrogen-bond donors (Lipinski definition) is 0. The van der Waals surface area contributed by atoms with E-state index in [-0.39, 0.29) is 22.3 Å². The molecule has 0 saturated carbocycles. The van der Waals surface area contributed by atoms with Gasteiger partial charge in [0.05, 0.1) is 26.7 Å². The number of fused-ring (bicyclic) bond motifs is 1. The van der Waals surface area contributed by atoms with Gasteiger partial charge in [-0.25, -0.2) is 4.79 Å². The Balaban J connectivity index is 1.62. The van der Waals surface area contributed by atoms with Crippen LogP contribution in [0.3, 0.4) is 0 Å². The fraction of sp³-hybridized carbons (Fsp3) is 0.250. The van der Waals surface area contributed by atoms with Crippen molar-refractivity contribution in [1.29, 1.82) is 0 Å². The molecule has 8 nitrogen and oxygen atoms in total. The quantitative estimate of drug-likeness (QED) is 0.117. The van der Waals surface area contributed by atoms with Gasteiger partial charge in [-0.05, 0) is 59.0 Å². The maximum atomic E-state index is 14.0. The van der Waals surface area contributed by atoms with E-state index in [9.17, 15) is 22.8 Å². The molecule has 0 spiro atoms. The molecule has 0 saturated heterocycles. The Labute approximate surface area is 245 Å². The van der Waals surface area contributed by atoms with Crippen molar-refractivity contribution >= 4 is 23.0 Å². The van der Waals surface area contributed by atoms with E-state index in [1.54, 1.807) is 24.3 Å². The third kappa shape index (κ3) is 6.94. The first-order chi connectivity index (χ1) is 20.2. The molecule has 0 aliphatic carbocycles. The predicted octanol–water partition coefficient (Wildman–Crippen LogP) is 7.55. The SMILES string of the molecule is COc1cc(/C=C/C(=O)Oc2ccc3c(=O)c(Oc4ccc(C(C)(C)C)cc4)c(C(F)(F)F)oc3c2)cc(OC)c1OC. The topological polar surface area (TPSA) is 93.4 Å². The Morgan fingerprint density at radius 3 is 1.95 bits per heavy atom. The number of esters is 1. The first-order valence-electron chi connectivity index (χ1n) is 12.9. The Kier molecular flexibility index (Phi) is 8.75. The predicted molar refractivity (Wildman–Crippen MR) is 153 cm³/mol. The molecule has 1 aromatic heterocycles. The lowest BCUT2D eigenvalue weighted by molar-refractivity contribution is -0.154. The fourth-order valence-corrected chi connectivity index (χ4v) is 4.15. The van der Waals surface area contributed by atoms with Gasteiger partial charge in [-0.3, -0.25) is 4.79 Å². The molecule has 226 valence electrons. The lowest BCUT2D eigenvalue weighted by Gasteiger charge is -2.19. The second kappa shape index (κ2) is 12.1. The normalized spacial score (nSPS) is 11.9. The Morgan fingerprint density at radius 1 is 0.814 bits per heavy atom. The average molecular weight is 599 g/mol. The summed E-state index contributed by atoms with van der Waals surface area (Å²) in [5.41, 5.74) is -0.209. The summed E-state index contributed by atoms with van der Waals surface area (Å²) < 4.78 is 73.5. The highest BCUT2D eigenvalue weighted by Gasteiger charge is 2.40. The zero-order valence-electron chi connectivity index (χ0n) is 24.3. The van der Waals surface area contributed by atoms with E-state index < -0.39 is 34.7 Å². The molecule has 0 radical (unpaired) electrons. The zero-order chi connectivity index (χ0) is 31.5. The highest BCUT2D eigenvalue weighted by Crippen LogP contribution is 2.40. The van der Waals surface area contributed by atoms with Gasteiger partial charge in [0.25, 0.3) is 5.76 Å². The monoisotopic (exact) mass is 598 g/mol. The Morgan fingerprint density at radius 2 is 1.42 bits per heavy atom. The first-order valence-corrected chi connectivity index (χ1v) is 12.9. The van der Waals surface area contributed by atoms with Gasteiger partial charge in [0, 0.05) is 12.1 Å². The van der Waals surface area contributed by atoms with E-state index in [0.29, 0.717) is 22.8 Å². The standard InChI is InChI=1S/C32H29F3O8/c1-31(2,3)19-8-10-20(11-9-19)42-29-27(37)22-13-12-21(17-23(22)43-30(29)32(33,34)35)41-26(36)14-7-18-15-24(38-4)28(40-6)25(16-18)39-5/h7-17H,1-6H3/b14-7+. The lowest BCUT2D eigenvalue weighted by Crippen LogP contribution is -2.16. The van der Waals surface area contributed by atoms with Gasteiger partial charge in [-0.1, -0.05) is 32.9 Å². The molecule has 0 atom stereocenters. The second-order valence-electron chi connectivity index (χ2n) is 10.3.